The third kappa shape index (κ3) is 3.55. The molecule has 84 valence electrons. The zero-order valence-corrected chi connectivity index (χ0v) is 9.60. The highest BCUT2D eigenvalue weighted by Crippen LogP contribution is 2.30. The molecule has 0 aromatic carbocycles. The number of rotatable bonds is 5. The van der Waals surface area contributed by atoms with E-state index < -0.39 is 15.6 Å². The van der Waals surface area contributed by atoms with Crippen molar-refractivity contribution in [3.8, 4) is 0 Å². The molecule has 0 heterocycles. The first-order valence-electron chi connectivity index (χ1n) is 5.03. The van der Waals surface area contributed by atoms with Crippen LogP contribution in [0.1, 0.15) is 33.1 Å². The van der Waals surface area contributed by atoms with Gasteiger partial charge in [0, 0.05) is 6.54 Å². The average molecular weight is 221 g/mol. The summed E-state index contributed by atoms with van der Waals surface area (Å²) in [6.07, 6.45) is 2.40. The van der Waals surface area contributed by atoms with Gasteiger partial charge in [-0.05, 0) is 25.2 Å². The maximum absolute atomic E-state index is 11.4. The molecule has 1 rings (SSSR count). The highest BCUT2D eigenvalue weighted by atomic mass is 32.2. The van der Waals surface area contributed by atoms with Crippen LogP contribution in [0.25, 0.3) is 0 Å². The normalized spacial score (nSPS) is 20.9. The molecule has 1 saturated carbocycles. The zero-order valence-electron chi connectivity index (χ0n) is 8.78. The van der Waals surface area contributed by atoms with Crippen LogP contribution in [0, 0.1) is 5.92 Å². The summed E-state index contributed by atoms with van der Waals surface area (Å²) in [4.78, 5) is 0. The van der Waals surface area contributed by atoms with Gasteiger partial charge in [0.15, 0.2) is 0 Å². The van der Waals surface area contributed by atoms with Crippen molar-refractivity contribution >= 4 is 10.0 Å². The molecule has 5 heteroatoms. The van der Waals surface area contributed by atoms with Crippen molar-refractivity contribution in [3.63, 3.8) is 0 Å². The van der Waals surface area contributed by atoms with Crippen LogP contribution in [0.15, 0.2) is 0 Å². The molecule has 1 aliphatic rings. The van der Waals surface area contributed by atoms with Crippen LogP contribution in [-0.2, 0) is 10.0 Å². The summed E-state index contributed by atoms with van der Waals surface area (Å²) in [5.74, 6) is 0.242. The molecule has 0 saturated heterocycles. The van der Waals surface area contributed by atoms with Crippen LogP contribution < -0.4 is 4.72 Å². The van der Waals surface area contributed by atoms with Crippen molar-refractivity contribution in [1.29, 1.82) is 0 Å². The first kappa shape index (κ1) is 11.9. The van der Waals surface area contributed by atoms with E-state index >= 15 is 0 Å². The summed E-state index contributed by atoms with van der Waals surface area (Å²) < 4.78 is 25.3. The Morgan fingerprint density at radius 3 is 2.36 bits per heavy atom. The Morgan fingerprint density at radius 2 is 2.00 bits per heavy atom. The van der Waals surface area contributed by atoms with Crippen LogP contribution in [-0.4, -0.2) is 31.4 Å². The Hall–Kier alpha value is -0.130. The lowest BCUT2D eigenvalue weighted by molar-refractivity contribution is -0.0271. The summed E-state index contributed by atoms with van der Waals surface area (Å²) in [7, 11) is -3.20. The van der Waals surface area contributed by atoms with Crippen molar-refractivity contribution in [2.24, 2.45) is 5.92 Å². The van der Waals surface area contributed by atoms with Crippen molar-refractivity contribution < 1.29 is 13.5 Å². The molecule has 0 amide bonds. The third-order valence-corrected chi connectivity index (χ3v) is 4.15. The van der Waals surface area contributed by atoms with E-state index in [0.717, 1.165) is 6.42 Å². The van der Waals surface area contributed by atoms with Gasteiger partial charge in [-0.3, -0.25) is 0 Å². The van der Waals surface area contributed by atoms with Gasteiger partial charge in [-0.2, -0.15) is 0 Å². The van der Waals surface area contributed by atoms with E-state index in [1.807, 2.05) is 13.8 Å². The second-order valence-electron chi connectivity index (χ2n) is 4.57. The molecule has 2 N–H and O–H groups in total. The number of sulfonamides is 1. The minimum Gasteiger partial charge on any atom is -0.389 e. The quantitative estimate of drug-likeness (QED) is 0.709. The zero-order chi connectivity index (χ0) is 10.8. The molecular weight excluding hydrogens is 202 g/mol. The van der Waals surface area contributed by atoms with E-state index in [9.17, 15) is 13.5 Å². The lowest BCUT2D eigenvalue weighted by atomic mass is 9.81. The second-order valence-corrected chi connectivity index (χ2v) is 6.43. The van der Waals surface area contributed by atoms with Gasteiger partial charge >= 0.3 is 0 Å². The Kier molecular flexibility index (Phi) is 3.55. The lowest BCUT2D eigenvalue weighted by Gasteiger charge is -2.36. The van der Waals surface area contributed by atoms with E-state index in [4.69, 9.17) is 0 Å². The third-order valence-electron chi connectivity index (χ3n) is 2.46. The van der Waals surface area contributed by atoms with Gasteiger partial charge in [-0.25, -0.2) is 13.1 Å². The first-order chi connectivity index (χ1) is 6.33. The van der Waals surface area contributed by atoms with Crippen LogP contribution in [0.4, 0.5) is 0 Å². The van der Waals surface area contributed by atoms with Crippen LogP contribution in [0.3, 0.4) is 0 Å². The Balaban J connectivity index is 2.36. The van der Waals surface area contributed by atoms with Crippen LogP contribution in [0.2, 0.25) is 0 Å². The van der Waals surface area contributed by atoms with Gasteiger partial charge in [0.2, 0.25) is 10.0 Å². The topological polar surface area (TPSA) is 66.4 Å². The molecule has 14 heavy (non-hydrogen) atoms. The molecule has 0 aliphatic heterocycles. The number of nitrogens with one attached hydrogen (secondary N) is 1. The fraction of sp³-hybridized carbons (Fsp3) is 1.00. The molecule has 0 bridgehead atoms. The molecule has 4 nitrogen and oxygen atoms in total. The van der Waals surface area contributed by atoms with E-state index in [1.54, 1.807) is 0 Å². The molecular formula is C9H19NO3S. The summed E-state index contributed by atoms with van der Waals surface area (Å²) in [5, 5.41) is 9.68. The summed E-state index contributed by atoms with van der Waals surface area (Å²) in [6.45, 7) is 3.89. The van der Waals surface area contributed by atoms with E-state index in [-0.39, 0.29) is 18.2 Å². The molecule has 0 radical (unpaired) electrons. The molecule has 0 aromatic rings. The monoisotopic (exact) mass is 221 g/mol. The SMILES string of the molecule is CC(C)CS(=O)(=O)NCC1(O)CCC1. The number of aliphatic hydroxyl groups is 1. The fourth-order valence-corrected chi connectivity index (χ4v) is 2.99. The van der Waals surface area contributed by atoms with Gasteiger partial charge in [0.25, 0.3) is 0 Å². The highest BCUT2D eigenvalue weighted by molar-refractivity contribution is 7.89. The standard InChI is InChI=1S/C9H19NO3S/c1-8(2)6-14(12,13)10-7-9(11)4-3-5-9/h8,10-11H,3-7H2,1-2H3. The lowest BCUT2D eigenvalue weighted by Crippen LogP contribution is -2.48. The predicted octanol–water partition coefficient (Wildman–Crippen LogP) is 0.477. The summed E-state index contributed by atoms with van der Waals surface area (Å²) in [5.41, 5.74) is -0.774. The van der Waals surface area contributed by atoms with Gasteiger partial charge < -0.3 is 5.11 Å². The number of hydrogen-bond donors (Lipinski definition) is 2. The molecule has 0 unspecified atom stereocenters. The molecule has 1 aliphatic carbocycles. The van der Waals surface area contributed by atoms with Crippen LogP contribution >= 0.6 is 0 Å². The number of hydrogen-bond acceptors (Lipinski definition) is 3. The van der Waals surface area contributed by atoms with Gasteiger partial charge in [0.05, 0.1) is 11.4 Å². The Bertz CT molecular complexity index is 280. The maximum atomic E-state index is 11.4. The molecule has 0 spiro atoms. The van der Waals surface area contributed by atoms with E-state index in [0.29, 0.717) is 12.8 Å². The Morgan fingerprint density at radius 1 is 1.43 bits per heavy atom. The molecule has 1 fully saturated rings. The maximum Gasteiger partial charge on any atom is 0.211 e. The summed E-state index contributed by atoms with van der Waals surface area (Å²) >= 11 is 0. The van der Waals surface area contributed by atoms with E-state index in [1.165, 1.54) is 0 Å². The average Bonchev–Trinajstić information content (AvgIpc) is 1.95. The predicted molar refractivity (Wildman–Crippen MR) is 55.4 cm³/mol. The minimum absolute atomic E-state index is 0.114. The van der Waals surface area contributed by atoms with Crippen molar-refractivity contribution in [1.82, 2.24) is 4.72 Å². The highest BCUT2D eigenvalue weighted by Gasteiger charge is 2.35. The summed E-state index contributed by atoms with van der Waals surface area (Å²) in [6, 6.07) is 0. The largest absolute Gasteiger partial charge is 0.389 e. The minimum atomic E-state index is -3.20. The van der Waals surface area contributed by atoms with Gasteiger partial charge in [-0.1, -0.05) is 13.8 Å². The first-order valence-corrected chi connectivity index (χ1v) is 6.68. The molecule has 0 aromatic heterocycles. The molecule has 0 atom stereocenters. The van der Waals surface area contributed by atoms with Crippen molar-refractivity contribution in [2.45, 2.75) is 38.7 Å². The smallest absolute Gasteiger partial charge is 0.211 e. The van der Waals surface area contributed by atoms with Gasteiger partial charge in [0.1, 0.15) is 0 Å². The van der Waals surface area contributed by atoms with Crippen molar-refractivity contribution in [3.05, 3.63) is 0 Å². The van der Waals surface area contributed by atoms with Gasteiger partial charge in [-0.15, -0.1) is 0 Å². The fourth-order valence-electron chi connectivity index (χ4n) is 1.50. The Labute approximate surface area is 85.8 Å². The van der Waals surface area contributed by atoms with E-state index in [2.05, 4.69) is 4.72 Å². The van der Waals surface area contributed by atoms with Crippen LogP contribution in [0.5, 0.6) is 0 Å². The second kappa shape index (κ2) is 4.16. The van der Waals surface area contributed by atoms with Crippen molar-refractivity contribution in [2.75, 3.05) is 12.3 Å².